The molecule has 0 saturated carbocycles. The number of halogens is 2. The Balaban J connectivity index is 1.98. The van der Waals surface area contributed by atoms with E-state index in [1.807, 2.05) is 39.0 Å². The maximum Gasteiger partial charge on any atom is 0.272 e. The molecular weight excluding hydrogens is 360 g/mol. The van der Waals surface area contributed by atoms with Gasteiger partial charge in [-0.3, -0.25) is 14.8 Å². The number of aromatic nitrogens is 1. The van der Waals surface area contributed by atoms with Gasteiger partial charge in [0.15, 0.2) is 0 Å². The summed E-state index contributed by atoms with van der Waals surface area (Å²) in [6.45, 7) is 7.23. The molecule has 1 N–H and O–H groups in total. The Bertz CT molecular complexity index is 955. The highest BCUT2D eigenvalue weighted by molar-refractivity contribution is 6.03. The van der Waals surface area contributed by atoms with Crippen molar-refractivity contribution in [2.75, 3.05) is 0 Å². The maximum atomic E-state index is 13.5. The van der Waals surface area contributed by atoms with E-state index in [1.165, 1.54) is 12.3 Å². The van der Waals surface area contributed by atoms with Gasteiger partial charge in [0.1, 0.15) is 0 Å². The van der Waals surface area contributed by atoms with Gasteiger partial charge in [-0.2, -0.15) is 0 Å². The summed E-state index contributed by atoms with van der Waals surface area (Å²) in [5.74, 6) is -2.94. The Morgan fingerprint density at radius 3 is 2.61 bits per heavy atom. The summed E-state index contributed by atoms with van der Waals surface area (Å²) < 4.78 is 26.9. The van der Waals surface area contributed by atoms with Gasteiger partial charge in [-0.1, -0.05) is 26.0 Å². The van der Waals surface area contributed by atoms with Crippen LogP contribution in [0.3, 0.4) is 0 Å². The number of fused-ring (bicyclic) bond motifs is 1. The lowest BCUT2D eigenvalue weighted by molar-refractivity contribution is 0.0171. The Kier molecular flexibility index (Phi) is 5.40. The van der Waals surface area contributed by atoms with E-state index < -0.39 is 5.92 Å². The molecule has 2 aromatic rings. The molecule has 6 heteroatoms. The van der Waals surface area contributed by atoms with Crippen LogP contribution >= 0.6 is 0 Å². The maximum absolute atomic E-state index is 13.5. The van der Waals surface area contributed by atoms with Crippen molar-refractivity contribution in [3.63, 3.8) is 0 Å². The van der Waals surface area contributed by atoms with E-state index >= 15 is 0 Å². The number of alkyl halides is 2. The van der Waals surface area contributed by atoms with Crippen LogP contribution in [0, 0.1) is 5.92 Å². The average molecular weight is 383 g/mol. The summed E-state index contributed by atoms with van der Waals surface area (Å²) in [5.41, 5.74) is 4.43. The molecular formula is C22H23F2N3O. The van der Waals surface area contributed by atoms with Crippen LogP contribution in [-0.2, 0) is 12.5 Å². The number of carbonyl (C=O) groups is 1. The fourth-order valence-electron chi connectivity index (χ4n) is 3.10. The highest BCUT2D eigenvalue weighted by Crippen LogP contribution is 2.27. The molecule has 1 aromatic carbocycles. The summed E-state index contributed by atoms with van der Waals surface area (Å²) in [6, 6.07) is 8.61. The molecule has 0 atom stereocenters. The van der Waals surface area contributed by atoms with Crippen LogP contribution in [0.15, 0.2) is 47.6 Å². The van der Waals surface area contributed by atoms with Crippen LogP contribution in [0.1, 0.15) is 60.4 Å². The van der Waals surface area contributed by atoms with Crippen LogP contribution < -0.4 is 5.32 Å². The lowest BCUT2D eigenvalue weighted by Crippen LogP contribution is -2.14. The molecule has 146 valence electrons. The fourth-order valence-corrected chi connectivity index (χ4v) is 3.10. The molecule has 28 heavy (non-hydrogen) atoms. The van der Waals surface area contributed by atoms with Crippen molar-refractivity contribution in [3.8, 4) is 0 Å². The topological polar surface area (TPSA) is 54.4 Å². The first-order valence-electron chi connectivity index (χ1n) is 9.22. The minimum Gasteiger partial charge on any atom is -0.348 e. The number of pyridine rings is 1. The highest BCUT2D eigenvalue weighted by Gasteiger charge is 2.25. The molecule has 4 nitrogen and oxygen atoms in total. The van der Waals surface area contributed by atoms with Crippen molar-refractivity contribution in [1.82, 2.24) is 10.3 Å². The van der Waals surface area contributed by atoms with E-state index in [9.17, 15) is 13.6 Å². The fraction of sp³-hybridized carbons (Fsp3) is 0.318. The summed E-state index contributed by atoms with van der Waals surface area (Å²) in [6.07, 6.45) is 3.10. The minimum absolute atomic E-state index is 0.0492. The normalized spacial score (nSPS) is 15.0. The predicted octanol–water partition coefficient (Wildman–Crippen LogP) is 4.94. The second kappa shape index (κ2) is 7.62. The number of hydrogen-bond acceptors (Lipinski definition) is 3. The predicted molar refractivity (Wildman–Crippen MR) is 106 cm³/mol. The zero-order chi connectivity index (χ0) is 20.5. The Morgan fingerprint density at radius 2 is 2.04 bits per heavy atom. The van der Waals surface area contributed by atoms with Crippen molar-refractivity contribution in [3.05, 3.63) is 70.6 Å². The average Bonchev–Trinajstić information content (AvgIpc) is 3.02. The number of nitrogens with one attached hydrogen (secondary N) is 1. The molecule has 0 fully saturated rings. The molecule has 2 heterocycles. The standard InChI is InChI=1S/C22H23F2N3O/c1-5-18(14-6-8-17-15(10-14)11-26-21(17)28)27-20(13(2)3)19-9-7-16(12-25-19)22(4,23)24/h5-10,12-13H,11H2,1-4H3,(H,26,28)/b18-5-,27-20?. The summed E-state index contributed by atoms with van der Waals surface area (Å²) in [7, 11) is 0. The van der Waals surface area contributed by atoms with Gasteiger partial charge in [-0.15, -0.1) is 0 Å². The number of benzene rings is 1. The summed E-state index contributed by atoms with van der Waals surface area (Å²) >= 11 is 0. The smallest absolute Gasteiger partial charge is 0.272 e. The van der Waals surface area contributed by atoms with Crippen LogP contribution in [0.25, 0.3) is 5.70 Å². The second-order valence-corrected chi connectivity index (χ2v) is 7.20. The number of carbonyl (C=O) groups excluding carboxylic acids is 1. The zero-order valence-corrected chi connectivity index (χ0v) is 16.4. The lowest BCUT2D eigenvalue weighted by Gasteiger charge is -2.14. The molecule has 0 spiro atoms. The van der Waals surface area contributed by atoms with Crippen LogP contribution in [0.5, 0.6) is 0 Å². The van der Waals surface area contributed by atoms with Gasteiger partial charge in [0, 0.05) is 36.4 Å². The van der Waals surface area contributed by atoms with Gasteiger partial charge in [0.05, 0.1) is 17.1 Å². The van der Waals surface area contributed by atoms with E-state index in [0.29, 0.717) is 23.5 Å². The molecule has 0 bridgehead atoms. The molecule has 1 aromatic heterocycles. The van der Waals surface area contributed by atoms with Crippen LogP contribution in [0.4, 0.5) is 8.78 Å². The highest BCUT2D eigenvalue weighted by atomic mass is 19.3. The number of allylic oxidation sites excluding steroid dienone is 1. The van der Waals surface area contributed by atoms with Gasteiger partial charge in [-0.05, 0) is 42.7 Å². The molecule has 0 aliphatic carbocycles. The summed E-state index contributed by atoms with van der Waals surface area (Å²) in [5, 5.41) is 2.81. The number of nitrogens with zero attached hydrogens (tertiary/aromatic N) is 2. The van der Waals surface area contributed by atoms with Gasteiger partial charge in [-0.25, -0.2) is 8.78 Å². The monoisotopic (exact) mass is 383 g/mol. The molecule has 3 rings (SSSR count). The van der Waals surface area contributed by atoms with Crippen molar-refractivity contribution < 1.29 is 13.6 Å². The first-order valence-corrected chi connectivity index (χ1v) is 9.22. The van der Waals surface area contributed by atoms with E-state index in [-0.39, 0.29) is 17.4 Å². The van der Waals surface area contributed by atoms with Gasteiger partial charge < -0.3 is 5.32 Å². The lowest BCUT2D eigenvalue weighted by atomic mass is 10.0. The van der Waals surface area contributed by atoms with E-state index in [1.54, 1.807) is 12.1 Å². The molecule has 0 saturated heterocycles. The molecule has 1 amide bonds. The Labute approximate surface area is 163 Å². The van der Waals surface area contributed by atoms with Crippen LogP contribution in [-0.4, -0.2) is 16.6 Å². The SMILES string of the molecule is C/C=C(\N=C(c1ccc(C(C)(F)F)cn1)C(C)C)c1ccc2c(c1)CNC2=O. The summed E-state index contributed by atoms with van der Waals surface area (Å²) in [4.78, 5) is 20.8. The quantitative estimate of drug-likeness (QED) is 0.744. The largest absolute Gasteiger partial charge is 0.348 e. The first kappa shape index (κ1) is 19.9. The zero-order valence-electron chi connectivity index (χ0n) is 16.4. The van der Waals surface area contributed by atoms with Gasteiger partial charge >= 0.3 is 0 Å². The number of amides is 1. The Morgan fingerprint density at radius 1 is 1.29 bits per heavy atom. The van der Waals surface area contributed by atoms with Crippen molar-refractivity contribution in [2.45, 2.75) is 40.2 Å². The van der Waals surface area contributed by atoms with Crippen molar-refractivity contribution in [1.29, 1.82) is 0 Å². The molecule has 0 unspecified atom stereocenters. The van der Waals surface area contributed by atoms with Gasteiger partial charge in [0.2, 0.25) is 0 Å². The van der Waals surface area contributed by atoms with E-state index in [4.69, 9.17) is 4.99 Å². The van der Waals surface area contributed by atoms with Crippen molar-refractivity contribution in [2.24, 2.45) is 10.9 Å². The second-order valence-electron chi connectivity index (χ2n) is 7.20. The minimum atomic E-state index is -2.93. The third-order valence-electron chi connectivity index (χ3n) is 4.68. The third kappa shape index (κ3) is 4.01. The van der Waals surface area contributed by atoms with Gasteiger partial charge in [0.25, 0.3) is 11.8 Å². The Hall–Kier alpha value is -2.89. The third-order valence-corrected chi connectivity index (χ3v) is 4.68. The molecule has 0 radical (unpaired) electrons. The molecule has 1 aliphatic heterocycles. The van der Waals surface area contributed by atoms with E-state index in [2.05, 4.69) is 10.3 Å². The number of aliphatic imine (C=N–C) groups is 1. The van der Waals surface area contributed by atoms with Crippen LogP contribution in [0.2, 0.25) is 0 Å². The number of rotatable bonds is 5. The first-order chi connectivity index (χ1) is 13.2. The molecule has 1 aliphatic rings. The number of hydrogen-bond donors (Lipinski definition) is 1. The van der Waals surface area contributed by atoms with Crippen molar-refractivity contribution >= 4 is 17.3 Å². The van der Waals surface area contributed by atoms with E-state index in [0.717, 1.165) is 23.7 Å².